The molecule has 1 aliphatic heterocycles. The maximum atomic E-state index is 5.70. The third-order valence-corrected chi connectivity index (χ3v) is 2.62. The Morgan fingerprint density at radius 2 is 2.15 bits per heavy atom. The molecule has 2 nitrogen and oxygen atoms in total. The van der Waals surface area contributed by atoms with Gasteiger partial charge < -0.3 is 10.6 Å². The van der Waals surface area contributed by atoms with Gasteiger partial charge in [0, 0.05) is 12.2 Å². The minimum Gasteiger partial charge on any atom is -0.399 e. The van der Waals surface area contributed by atoms with Crippen molar-refractivity contribution in [3.8, 4) is 0 Å². The third kappa shape index (κ3) is 2.22. The molecule has 0 spiro atoms. The van der Waals surface area contributed by atoms with Gasteiger partial charge in [-0.15, -0.1) is 0 Å². The van der Waals surface area contributed by atoms with Crippen LogP contribution in [0.5, 0.6) is 0 Å². The van der Waals surface area contributed by atoms with Crippen molar-refractivity contribution in [3.05, 3.63) is 29.8 Å². The molecule has 2 N–H and O–H groups in total. The number of benzene rings is 1. The standard InChI is InChI=1S/C11H16N2/c12-11-4-1-3-10(9-11)5-8-13-6-2-7-13/h1,3-4,9H,2,5-8,12H2. The van der Waals surface area contributed by atoms with Crippen LogP contribution in [0.2, 0.25) is 0 Å². The van der Waals surface area contributed by atoms with Crippen molar-refractivity contribution in [2.24, 2.45) is 0 Å². The van der Waals surface area contributed by atoms with Crippen molar-refractivity contribution in [2.45, 2.75) is 12.8 Å². The first-order valence-corrected chi connectivity index (χ1v) is 4.91. The summed E-state index contributed by atoms with van der Waals surface area (Å²) in [7, 11) is 0. The quantitative estimate of drug-likeness (QED) is 0.707. The number of anilines is 1. The molecule has 1 aromatic rings. The summed E-state index contributed by atoms with van der Waals surface area (Å²) in [5.74, 6) is 0. The number of hydrogen-bond acceptors (Lipinski definition) is 2. The number of nitrogen functional groups attached to an aromatic ring is 1. The van der Waals surface area contributed by atoms with Gasteiger partial charge in [0.2, 0.25) is 0 Å². The largest absolute Gasteiger partial charge is 0.399 e. The monoisotopic (exact) mass is 176 g/mol. The number of nitrogens with zero attached hydrogens (tertiary/aromatic N) is 1. The number of rotatable bonds is 3. The van der Waals surface area contributed by atoms with Gasteiger partial charge in [-0.25, -0.2) is 0 Å². The van der Waals surface area contributed by atoms with Crippen molar-refractivity contribution in [2.75, 3.05) is 25.4 Å². The molecule has 0 aromatic heterocycles. The average molecular weight is 176 g/mol. The lowest BCUT2D eigenvalue weighted by Crippen LogP contribution is -2.38. The summed E-state index contributed by atoms with van der Waals surface area (Å²) in [6.45, 7) is 3.74. The molecule has 1 aliphatic rings. The van der Waals surface area contributed by atoms with E-state index in [0.29, 0.717) is 0 Å². The topological polar surface area (TPSA) is 29.3 Å². The van der Waals surface area contributed by atoms with Crippen molar-refractivity contribution >= 4 is 5.69 Å². The zero-order valence-corrected chi connectivity index (χ0v) is 7.87. The first kappa shape index (κ1) is 8.57. The van der Waals surface area contributed by atoms with Crippen LogP contribution >= 0.6 is 0 Å². The molecule has 0 bridgehead atoms. The van der Waals surface area contributed by atoms with Gasteiger partial charge in [0.1, 0.15) is 0 Å². The molecule has 2 heteroatoms. The van der Waals surface area contributed by atoms with Gasteiger partial charge in [-0.3, -0.25) is 0 Å². The number of hydrogen-bond donors (Lipinski definition) is 1. The molecular formula is C11H16N2. The Kier molecular flexibility index (Phi) is 2.50. The van der Waals surface area contributed by atoms with Gasteiger partial charge in [0.05, 0.1) is 0 Å². The van der Waals surface area contributed by atoms with E-state index >= 15 is 0 Å². The lowest BCUT2D eigenvalue weighted by molar-refractivity contribution is 0.184. The van der Waals surface area contributed by atoms with Crippen LogP contribution in [-0.2, 0) is 6.42 Å². The highest BCUT2D eigenvalue weighted by molar-refractivity contribution is 5.40. The molecule has 0 unspecified atom stereocenters. The summed E-state index contributed by atoms with van der Waals surface area (Å²) in [4.78, 5) is 2.48. The Labute approximate surface area is 79.4 Å². The molecule has 1 saturated heterocycles. The summed E-state index contributed by atoms with van der Waals surface area (Å²) >= 11 is 0. The molecule has 1 heterocycles. The van der Waals surface area contributed by atoms with Crippen LogP contribution in [0.3, 0.4) is 0 Å². The average Bonchev–Trinajstić information content (AvgIpc) is 2.01. The molecule has 0 saturated carbocycles. The lowest BCUT2D eigenvalue weighted by atomic mass is 10.1. The molecule has 13 heavy (non-hydrogen) atoms. The first-order valence-electron chi connectivity index (χ1n) is 4.91. The van der Waals surface area contributed by atoms with E-state index in [4.69, 9.17) is 5.73 Å². The third-order valence-electron chi connectivity index (χ3n) is 2.62. The van der Waals surface area contributed by atoms with Gasteiger partial charge in [0.25, 0.3) is 0 Å². The fraction of sp³-hybridized carbons (Fsp3) is 0.455. The summed E-state index contributed by atoms with van der Waals surface area (Å²) in [5, 5.41) is 0. The van der Waals surface area contributed by atoms with Crippen molar-refractivity contribution in [3.63, 3.8) is 0 Å². The zero-order chi connectivity index (χ0) is 9.10. The molecule has 70 valence electrons. The molecule has 2 rings (SSSR count). The fourth-order valence-electron chi connectivity index (χ4n) is 1.64. The van der Waals surface area contributed by atoms with E-state index in [1.165, 1.54) is 31.6 Å². The van der Waals surface area contributed by atoms with Crippen LogP contribution in [0, 0.1) is 0 Å². The maximum Gasteiger partial charge on any atom is 0.0316 e. The Balaban J connectivity index is 1.86. The highest BCUT2D eigenvalue weighted by Crippen LogP contribution is 2.10. The predicted molar refractivity (Wildman–Crippen MR) is 55.6 cm³/mol. The van der Waals surface area contributed by atoms with Crippen molar-refractivity contribution in [1.82, 2.24) is 4.90 Å². The fourth-order valence-corrected chi connectivity index (χ4v) is 1.64. The second-order valence-electron chi connectivity index (χ2n) is 3.69. The summed E-state index contributed by atoms with van der Waals surface area (Å²) in [6, 6.07) is 8.18. The molecule has 0 amide bonds. The molecule has 0 atom stereocenters. The second kappa shape index (κ2) is 3.79. The van der Waals surface area contributed by atoms with E-state index in [2.05, 4.69) is 17.0 Å². The SMILES string of the molecule is Nc1cccc(CCN2CCC2)c1. The molecule has 1 aromatic carbocycles. The van der Waals surface area contributed by atoms with E-state index in [9.17, 15) is 0 Å². The number of nitrogens with two attached hydrogens (primary N) is 1. The van der Waals surface area contributed by atoms with E-state index in [1.807, 2.05) is 12.1 Å². The van der Waals surface area contributed by atoms with E-state index in [0.717, 1.165) is 12.1 Å². The highest BCUT2D eigenvalue weighted by Gasteiger charge is 2.12. The maximum absolute atomic E-state index is 5.70. The predicted octanol–water partition coefficient (Wildman–Crippen LogP) is 1.52. The number of likely N-dealkylation sites (tertiary alicyclic amines) is 1. The van der Waals surface area contributed by atoms with Crippen LogP contribution < -0.4 is 5.73 Å². The zero-order valence-electron chi connectivity index (χ0n) is 7.87. The van der Waals surface area contributed by atoms with Crippen LogP contribution in [0.25, 0.3) is 0 Å². The van der Waals surface area contributed by atoms with E-state index in [1.54, 1.807) is 0 Å². The van der Waals surface area contributed by atoms with E-state index < -0.39 is 0 Å². The Hall–Kier alpha value is -1.02. The highest BCUT2D eigenvalue weighted by atomic mass is 15.2. The van der Waals surface area contributed by atoms with Crippen molar-refractivity contribution in [1.29, 1.82) is 0 Å². The first-order chi connectivity index (χ1) is 6.34. The normalized spacial score (nSPS) is 16.9. The minimum atomic E-state index is 0.876. The van der Waals surface area contributed by atoms with Gasteiger partial charge in [-0.1, -0.05) is 12.1 Å². The van der Waals surface area contributed by atoms with E-state index in [-0.39, 0.29) is 0 Å². The molecule has 0 radical (unpaired) electrons. The second-order valence-corrected chi connectivity index (χ2v) is 3.69. The van der Waals surface area contributed by atoms with Crippen LogP contribution in [-0.4, -0.2) is 24.5 Å². The Bertz CT molecular complexity index is 279. The van der Waals surface area contributed by atoms with Gasteiger partial charge >= 0.3 is 0 Å². The summed E-state index contributed by atoms with van der Waals surface area (Å²) in [5.41, 5.74) is 7.93. The summed E-state index contributed by atoms with van der Waals surface area (Å²) < 4.78 is 0. The molecular weight excluding hydrogens is 160 g/mol. The van der Waals surface area contributed by atoms with Gasteiger partial charge in [0.15, 0.2) is 0 Å². The molecule has 1 fully saturated rings. The smallest absolute Gasteiger partial charge is 0.0316 e. The van der Waals surface area contributed by atoms with Crippen LogP contribution in [0.1, 0.15) is 12.0 Å². The Morgan fingerprint density at radius 3 is 2.77 bits per heavy atom. The summed E-state index contributed by atoms with van der Waals surface area (Å²) in [6.07, 6.45) is 2.50. The van der Waals surface area contributed by atoms with Gasteiger partial charge in [-0.2, -0.15) is 0 Å². The lowest BCUT2D eigenvalue weighted by Gasteiger charge is -2.30. The van der Waals surface area contributed by atoms with Gasteiger partial charge in [-0.05, 0) is 43.6 Å². The minimum absolute atomic E-state index is 0.876. The van der Waals surface area contributed by atoms with Crippen LogP contribution in [0.15, 0.2) is 24.3 Å². The van der Waals surface area contributed by atoms with Crippen molar-refractivity contribution < 1.29 is 0 Å². The van der Waals surface area contributed by atoms with Crippen LogP contribution in [0.4, 0.5) is 5.69 Å². The Morgan fingerprint density at radius 1 is 1.31 bits per heavy atom. The molecule has 0 aliphatic carbocycles.